The van der Waals surface area contributed by atoms with Gasteiger partial charge in [-0.25, -0.2) is 4.79 Å². The zero-order chi connectivity index (χ0) is 14.5. The monoisotopic (exact) mass is 274 g/mol. The SMILES string of the molecule is CCC1CCCCN1C(=O)N(CC)c1cccc(C)c1. The van der Waals surface area contributed by atoms with Crippen LogP contribution in [0, 0.1) is 6.92 Å². The molecule has 1 aromatic carbocycles. The molecule has 1 aliphatic rings. The van der Waals surface area contributed by atoms with E-state index in [0.29, 0.717) is 6.04 Å². The fourth-order valence-electron chi connectivity index (χ4n) is 3.06. The van der Waals surface area contributed by atoms with Crippen LogP contribution in [0.25, 0.3) is 0 Å². The van der Waals surface area contributed by atoms with E-state index in [0.717, 1.165) is 38.0 Å². The molecular weight excluding hydrogens is 248 g/mol. The lowest BCUT2D eigenvalue weighted by Crippen LogP contribution is -2.50. The molecule has 0 aliphatic carbocycles. The summed E-state index contributed by atoms with van der Waals surface area (Å²) in [6.07, 6.45) is 4.58. The van der Waals surface area contributed by atoms with Crippen LogP contribution >= 0.6 is 0 Å². The van der Waals surface area contributed by atoms with Crippen molar-refractivity contribution in [2.24, 2.45) is 0 Å². The Morgan fingerprint density at radius 2 is 2.15 bits per heavy atom. The first-order chi connectivity index (χ1) is 9.67. The number of benzene rings is 1. The minimum Gasteiger partial charge on any atom is -0.321 e. The summed E-state index contributed by atoms with van der Waals surface area (Å²) < 4.78 is 0. The largest absolute Gasteiger partial charge is 0.324 e. The van der Waals surface area contributed by atoms with Crippen molar-refractivity contribution in [1.82, 2.24) is 4.90 Å². The maximum absolute atomic E-state index is 12.9. The Morgan fingerprint density at radius 3 is 2.80 bits per heavy atom. The van der Waals surface area contributed by atoms with Gasteiger partial charge < -0.3 is 4.90 Å². The van der Waals surface area contributed by atoms with Crippen LogP contribution in [0.1, 0.15) is 45.1 Å². The normalized spacial score (nSPS) is 18.9. The highest BCUT2D eigenvalue weighted by Crippen LogP contribution is 2.24. The van der Waals surface area contributed by atoms with Crippen LogP contribution in [0.3, 0.4) is 0 Å². The zero-order valence-corrected chi connectivity index (χ0v) is 12.9. The number of nitrogens with zero attached hydrogens (tertiary/aromatic N) is 2. The van der Waals surface area contributed by atoms with Gasteiger partial charge in [-0.15, -0.1) is 0 Å². The van der Waals surface area contributed by atoms with E-state index in [9.17, 15) is 4.79 Å². The average Bonchev–Trinajstić information content (AvgIpc) is 2.48. The van der Waals surface area contributed by atoms with E-state index in [1.54, 1.807) is 0 Å². The van der Waals surface area contributed by atoms with Gasteiger partial charge in [0.05, 0.1) is 0 Å². The van der Waals surface area contributed by atoms with Gasteiger partial charge in [0.25, 0.3) is 0 Å². The Labute approximate surface area is 122 Å². The smallest absolute Gasteiger partial charge is 0.321 e. The number of rotatable bonds is 3. The Bertz CT molecular complexity index is 458. The number of aryl methyl sites for hydroxylation is 1. The lowest BCUT2D eigenvalue weighted by Gasteiger charge is -2.38. The molecule has 0 spiro atoms. The van der Waals surface area contributed by atoms with Crippen molar-refractivity contribution in [3.8, 4) is 0 Å². The molecule has 3 heteroatoms. The summed E-state index contributed by atoms with van der Waals surface area (Å²) in [5.41, 5.74) is 2.21. The van der Waals surface area contributed by atoms with Crippen molar-refractivity contribution < 1.29 is 4.79 Å². The number of piperidine rings is 1. The summed E-state index contributed by atoms with van der Waals surface area (Å²) in [6, 6.07) is 8.79. The topological polar surface area (TPSA) is 23.6 Å². The van der Waals surface area contributed by atoms with Gasteiger partial charge >= 0.3 is 6.03 Å². The molecule has 3 nitrogen and oxygen atoms in total. The number of carbonyl (C=O) groups excluding carboxylic acids is 1. The highest BCUT2D eigenvalue weighted by molar-refractivity contribution is 5.92. The van der Waals surface area contributed by atoms with Gasteiger partial charge in [-0.3, -0.25) is 4.90 Å². The van der Waals surface area contributed by atoms with Gasteiger partial charge in [0, 0.05) is 24.8 Å². The molecule has 0 radical (unpaired) electrons. The fourth-order valence-corrected chi connectivity index (χ4v) is 3.06. The number of hydrogen-bond donors (Lipinski definition) is 0. The highest BCUT2D eigenvalue weighted by atomic mass is 16.2. The van der Waals surface area contributed by atoms with Crippen molar-refractivity contribution in [2.75, 3.05) is 18.0 Å². The van der Waals surface area contributed by atoms with Crippen LogP contribution in [0.15, 0.2) is 24.3 Å². The molecule has 0 aromatic heterocycles. The highest BCUT2D eigenvalue weighted by Gasteiger charge is 2.28. The standard InChI is InChI=1S/C17H26N2O/c1-4-15-10-6-7-12-19(15)17(20)18(5-2)16-11-8-9-14(3)13-16/h8-9,11,13,15H,4-7,10,12H2,1-3H3. The lowest BCUT2D eigenvalue weighted by molar-refractivity contribution is 0.155. The molecule has 2 amide bonds. The van der Waals surface area contributed by atoms with E-state index in [4.69, 9.17) is 0 Å². The van der Waals surface area contributed by atoms with Crippen LogP contribution in [-0.2, 0) is 0 Å². The van der Waals surface area contributed by atoms with Crippen molar-refractivity contribution in [1.29, 1.82) is 0 Å². The second-order valence-corrected chi connectivity index (χ2v) is 5.62. The maximum atomic E-state index is 12.9. The van der Waals surface area contributed by atoms with Gasteiger partial charge in [-0.2, -0.15) is 0 Å². The fraction of sp³-hybridized carbons (Fsp3) is 0.588. The predicted molar refractivity (Wildman–Crippen MR) is 84.2 cm³/mol. The van der Waals surface area contributed by atoms with Crippen LogP contribution in [0.5, 0.6) is 0 Å². The van der Waals surface area contributed by atoms with Gasteiger partial charge in [0.1, 0.15) is 0 Å². The molecular formula is C17H26N2O. The Hall–Kier alpha value is -1.51. The van der Waals surface area contributed by atoms with Crippen LogP contribution < -0.4 is 4.90 Å². The minimum absolute atomic E-state index is 0.171. The summed E-state index contributed by atoms with van der Waals surface area (Å²) in [6.45, 7) is 7.91. The van der Waals surface area contributed by atoms with E-state index < -0.39 is 0 Å². The summed E-state index contributed by atoms with van der Waals surface area (Å²) in [5, 5.41) is 0. The second kappa shape index (κ2) is 6.78. The summed E-state index contributed by atoms with van der Waals surface area (Å²) in [5.74, 6) is 0. The predicted octanol–water partition coefficient (Wildman–Crippen LogP) is 4.21. The molecule has 1 atom stereocenters. The van der Waals surface area contributed by atoms with Gasteiger partial charge in [-0.05, 0) is 57.2 Å². The van der Waals surface area contributed by atoms with E-state index in [-0.39, 0.29) is 6.03 Å². The molecule has 1 saturated heterocycles. The van der Waals surface area contributed by atoms with Gasteiger partial charge in [0.15, 0.2) is 0 Å². The Balaban J connectivity index is 2.20. The number of anilines is 1. The lowest BCUT2D eigenvalue weighted by atomic mass is 10.0. The number of hydrogen-bond acceptors (Lipinski definition) is 1. The summed E-state index contributed by atoms with van der Waals surface area (Å²) >= 11 is 0. The zero-order valence-electron chi connectivity index (χ0n) is 12.9. The first-order valence-corrected chi connectivity index (χ1v) is 7.82. The quantitative estimate of drug-likeness (QED) is 0.810. The number of likely N-dealkylation sites (tertiary alicyclic amines) is 1. The molecule has 1 unspecified atom stereocenters. The molecule has 0 saturated carbocycles. The maximum Gasteiger partial charge on any atom is 0.324 e. The molecule has 0 N–H and O–H groups in total. The number of carbonyl (C=O) groups is 1. The first kappa shape index (κ1) is 14.9. The van der Waals surface area contributed by atoms with Crippen molar-refractivity contribution in [3.63, 3.8) is 0 Å². The van der Waals surface area contributed by atoms with Crippen LogP contribution in [-0.4, -0.2) is 30.1 Å². The Morgan fingerprint density at radius 1 is 1.35 bits per heavy atom. The molecule has 2 rings (SSSR count). The van der Waals surface area contributed by atoms with Crippen LogP contribution in [0.2, 0.25) is 0 Å². The molecule has 0 bridgehead atoms. The van der Waals surface area contributed by atoms with E-state index in [1.165, 1.54) is 12.0 Å². The summed E-state index contributed by atoms with van der Waals surface area (Å²) in [4.78, 5) is 16.8. The molecule has 1 aromatic rings. The molecule has 1 heterocycles. The van der Waals surface area contributed by atoms with Gasteiger partial charge in [0.2, 0.25) is 0 Å². The molecule has 20 heavy (non-hydrogen) atoms. The third kappa shape index (κ3) is 3.14. The van der Waals surface area contributed by atoms with Crippen molar-refractivity contribution in [2.45, 2.75) is 52.5 Å². The van der Waals surface area contributed by atoms with Crippen molar-refractivity contribution >= 4 is 11.7 Å². The van der Waals surface area contributed by atoms with Crippen LogP contribution in [0.4, 0.5) is 10.5 Å². The molecule has 1 aliphatic heterocycles. The molecule has 110 valence electrons. The second-order valence-electron chi connectivity index (χ2n) is 5.62. The van der Waals surface area contributed by atoms with Gasteiger partial charge in [-0.1, -0.05) is 19.1 Å². The number of amides is 2. The minimum atomic E-state index is 0.171. The first-order valence-electron chi connectivity index (χ1n) is 7.82. The van der Waals surface area contributed by atoms with E-state index in [1.807, 2.05) is 24.0 Å². The third-order valence-electron chi connectivity index (χ3n) is 4.20. The number of urea groups is 1. The Kier molecular flexibility index (Phi) is 5.05. The average molecular weight is 274 g/mol. The van der Waals surface area contributed by atoms with Crippen molar-refractivity contribution in [3.05, 3.63) is 29.8 Å². The third-order valence-corrected chi connectivity index (χ3v) is 4.20. The van der Waals surface area contributed by atoms with E-state index >= 15 is 0 Å². The molecule has 1 fully saturated rings. The summed E-state index contributed by atoms with van der Waals surface area (Å²) in [7, 11) is 0. The van der Waals surface area contributed by atoms with E-state index in [2.05, 4.69) is 30.9 Å².